The molecule has 0 amide bonds. The number of aliphatic hydroxyl groups is 1. The molecular weight excluding hydrogens is 307 g/mol. The highest BCUT2D eigenvalue weighted by molar-refractivity contribution is 6.33. The van der Waals surface area contributed by atoms with Crippen LogP contribution in [0.4, 0.5) is 0 Å². The molecule has 0 aliphatic rings. The first-order chi connectivity index (χ1) is 10.0. The van der Waals surface area contributed by atoms with Gasteiger partial charge in [0.25, 0.3) is 0 Å². The number of benzene rings is 1. The van der Waals surface area contributed by atoms with Crippen LogP contribution < -0.4 is 0 Å². The maximum absolute atomic E-state index is 10.3. The van der Waals surface area contributed by atoms with Gasteiger partial charge in [-0.25, -0.2) is 0 Å². The average molecular weight is 327 g/mol. The molecular formula is C16H20Cl2N2O. The zero-order chi connectivity index (χ0) is 15.4. The normalized spacial score (nSPS) is 12.9. The van der Waals surface area contributed by atoms with Crippen molar-refractivity contribution in [3.63, 3.8) is 0 Å². The molecule has 0 aliphatic heterocycles. The molecule has 2 rings (SSSR count). The minimum Gasteiger partial charge on any atom is -0.388 e. The third kappa shape index (κ3) is 4.00. The number of hydrogen-bond donors (Lipinski definition) is 1. The van der Waals surface area contributed by atoms with Crippen LogP contribution in [0.5, 0.6) is 0 Å². The first-order valence-electron chi connectivity index (χ1n) is 7.22. The molecule has 21 heavy (non-hydrogen) atoms. The van der Waals surface area contributed by atoms with Gasteiger partial charge in [0, 0.05) is 28.2 Å². The van der Waals surface area contributed by atoms with Crippen molar-refractivity contribution in [3.05, 3.63) is 51.8 Å². The van der Waals surface area contributed by atoms with Crippen molar-refractivity contribution in [2.75, 3.05) is 0 Å². The van der Waals surface area contributed by atoms with Gasteiger partial charge >= 0.3 is 0 Å². The van der Waals surface area contributed by atoms with E-state index in [9.17, 15) is 5.11 Å². The van der Waals surface area contributed by atoms with Crippen molar-refractivity contribution in [1.82, 2.24) is 9.78 Å². The Hall–Kier alpha value is -1.03. The Morgan fingerprint density at radius 2 is 1.90 bits per heavy atom. The molecule has 5 heteroatoms. The zero-order valence-corrected chi connectivity index (χ0v) is 13.8. The van der Waals surface area contributed by atoms with Gasteiger partial charge in [-0.15, -0.1) is 0 Å². The summed E-state index contributed by atoms with van der Waals surface area (Å²) >= 11 is 12.1. The Balaban J connectivity index is 2.12. The van der Waals surface area contributed by atoms with Crippen molar-refractivity contribution in [2.45, 2.75) is 45.3 Å². The van der Waals surface area contributed by atoms with Crippen molar-refractivity contribution in [1.29, 1.82) is 0 Å². The second-order valence-electron chi connectivity index (χ2n) is 5.14. The summed E-state index contributed by atoms with van der Waals surface area (Å²) in [5, 5.41) is 16.0. The van der Waals surface area contributed by atoms with Gasteiger partial charge in [0.1, 0.15) is 0 Å². The first kappa shape index (κ1) is 16.3. The number of halogens is 2. The summed E-state index contributed by atoms with van der Waals surface area (Å²) in [5.74, 6) is 0. The molecule has 0 radical (unpaired) electrons. The first-order valence-corrected chi connectivity index (χ1v) is 7.97. The van der Waals surface area contributed by atoms with Crippen LogP contribution in [-0.4, -0.2) is 14.9 Å². The van der Waals surface area contributed by atoms with E-state index in [-0.39, 0.29) is 0 Å². The van der Waals surface area contributed by atoms with Crippen molar-refractivity contribution < 1.29 is 5.11 Å². The summed E-state index contributed by atoms with van der Waals surface area (Å²) in [4.78, 5) is 0. The molecule has 1 heterocycles. The van der Waals surface area contributed by atoms with E-state index in [1.54, 1.807) is 18.2 Å². The fourth-order valence-corrected chi connectivity index (χ4v) is 2.85. The highest BCUT2D eigenvalue weighted by Crippen LogP contribution is 2.28. The van der Waals surface area contributed by atoms with Gasteiger partial charge in [-0.2, -0.15) is 5.10 Å². The summed E-state index contributed by atoms with van der Waals surface area (Å²) in [5.41, 5.74) is 1.49. The van der Waals surface area contributed by atoms with Crippen molar-refractivity contribution >= 4 is 23.2 Å². The summed E-state index contributed by atoms with van der Waals surface area (Å²) in [6.45, 7) is 4.30. The van der Waals surface area contributed by atoms with Crippen LogP contribution in [0.3, 0.4) is 0 Å². The fourth-order valence-electron chi connectivity index (χ4n) is 2.43. The third-order valence-electron chi connectivity index (χ3n) is 3.70. The van der Waals surface area contributed by atoms with Gasteiger partial charge in [-0.05, 0) is 37.1 Å². The van der Waals surface area contributed by atoms with Crippen LogP contribution in [-0.2, 0) is 6.42 Å². The molecule has 1 N–H and O–H groups in total. The summed E-state index contributed by atoms with van der Waals surface area (Å²) < 4.78 is 1.97. The lowest BCUT2D eigenvalue weighted by atomic mass is 10.1. The van der Waals surface area contributed by atoms with Gasteiger partial charge in [0.15, 0.2) is 0 Å². The lowest BCUT2D eigenvalue weighted by Gasteiger charge is -2.14. The van der Waals surface area contributed by atoms with Gasteiger partial charge < -0.3 is 5.11 Å². The molecule has 0 spiro atoms. The number of hydrogen-bond acceptors (Lipinski definition) is 2. The smallest absolute Gasteiger partial charge is 0.0861 e. The van der Waals surface area contributed by atoms with Gasteiger partial charge in [-0.3, -0.25) is 4.68 Å². The lowest BCUT2D eigenvalue weighted by molar-refractivity contribution is 0.177. The van der Waals surface area contributed by atoms with E-state index in [0.717, 1.165) is 18.5 Å². The summed E-state index contributed by atoms with van der Waals surface area (Å²) in [7, 11) is 0. The number of rotatable bonds is 6. The highest BCUT2D eigenvalue weighted by Gasteiger charge is 2.15. The topological polar surface area (TPSA) is 38.0 Å². The van der Waals surface area contributed by atoms with E-state index >= 15 is 0 Å². The molecule has 1 unspecified atom stereocenters. The van der Waals surface area contributed by atoms with Crippen LogP contribution in [0.25, 0.3) is 0 Å². The van der Waals surface area contributed by atoms with Crippen molar-refractivity contribution in [2.24, 2.45) is 0 Å². The molecule has 2 aromatic rings. The molecule has 1 aromatic heterocycles. The molecule has 1 aromatic carbocycles. The number of aliphatic hydroxyl groups excluding tert-OH is 1. The summed E-state index contributed by atoms with van der Waals surface area (Å²) in [6.07, 6.45) is 3.77. The zero-order valence-electron chi connectivity index (χ0n) is 12.3. The van der Waals surface area contributed by atoms with Crippen LogP contribution in [0.1, 0.15) is 50.1 Å². The second-order valence-corrected chi connectivity index (χ2v) is 5.99. The molecule has 0 saturated heterocycles. The quantitative estimate of drug-likeness (QED) is 0.825. The predicted octanol–water partition coefficient (Wildman–Crippen LogP) is 4.83. The minimum atomic E-state index is -0.707. The Labute approximate surface area is 135 Å². The van der Waals surface area contributed by atoms with Crippen LogP contribution in [0.15, 0.2) is 30.5 Å². The van der Waals surface area contributed by atoms with Crippen LogP contribution >= 0.6 is 23.2 Å². The Kier molecular flexibility index (Phi) is 5.68. The molecule has 0 saturated carbocycles. The van der Waals surface area contributed by atoms with E-state index in [4.69, 9.17) is 23.2 Å². The predicted molar refractivity (Wildman–Crippen MR) is 87.0 cm³/mol. The largest absolute Gasteiger partial charge is 0.388 e. The van der Waals surface area contributed by atoms with Gasteiger partial charge in [0.2, 0.25) is 0 Å². The maximum Gasteiger partial charge on any atom is 0.0861 e. The van der Waals surface area contributed by atoms with Gasteiger partial charge in [-0.1, -0.05) is 37.0 Å². The van der Waals surface area contributed by atoms with E-state index in [1.165, 1.54) is 0 Å². The third-order valence-corrected chi connectivity index (χ3v) is 4.28. The van der Waals surface area contributed by atoms with Gasteiger partial charge in [0.05, 0.1) is 17.8 Å². The minimum absolute atomic E-state index is 0.408. The van der Waals surface area contributed by atoms with Crippen molar-refractivity contribution in [3.8, 4) is 0 Å². The van der Waals surface area contributed by atoms with Crippen LogP contribution in [0, 0.1) is 0 Å². The molecule has 0 bridgehead atoms. The number of aromatic nitrogens is 2. The second kappa shape index (κ2) is 7.30. The molecule has 1 atom stereocenters. The molecule has 0 aliphatic carbocycles. The van der Waals surface area contributed by atoms with Crippen LogP contribution in [0.2, 0.25) is 10.0 Å². The lowest BCUT2D eigenvalue weighted by Crippen LogP contribution is -2.09. The Bertz CT molecular complexity index is 594. The van der Waals surface area contributed by atoms with E-state index in [2.05, 4.69) is 18.9 Å². The van der Waals surface area contributed by atoms with E-state index < -0.39 is 6.10 Å². The average Bonchev–Trinajstić information content (AvgIpc) is 2.91. The number of nitrogens with zero attached hydrogens (tertiary/aromatic N) is 2. The molecule has 114 valence electrons. The van der Waals surface area contributed by atoms with E-state index in [1.807, 2.05) is 16.9 Å². The summed E-state index contributed by atoms with van der Waals surface area (Å²) in [6, 6.07) is 7.46. The monoisotopic (exact) mass is 326 g/mol. The molecule has 0 fully saturated rings. The van der Waals surface area contributed by atoms with E-state index in [0.29, 0.717) is 28.1 Å². The maximum atomic E-state index is 10.3. The fraction of sp³-hybridized carbons (Fsp3) is 0.438. The standard InChI is InChI=1S/C16H20Cl2N2O/c1-3-13(4-2)20-8-7-12(19-20)10-16(21)14-9-11(17)5-6-15(14)18/h5-9,13,16,21H,3-4,10H2,1-2H3. The Morgan fingerprint density at radius 1 is 1.19 bits per heavy atom. The highest BCUT2D eigenvalue weighted by atomic mass is 35.5. The molecule has 3 nitrogen and oxygen atoms in total. The SMILES string of the molecule is CCC(CC)n1ccc(CC(O)c2cc(Cl)ccc2Cl)n1. The Morgan fingerprint density at radius 3 is 2.57 bits per heavy atom.